The lowest BCUT2D eigenvalue weighted by atomic mass is 9.44. The van der Waals surface area contributed by atoms with E-state index in [9.17, 15) is 0 Å². The highest BCUT2D eigenvalue weighted by atomic mass is 15.2. The van der Waals surface area contributed by atoms with Crippen LogP contribution in [0.3, 0.4) is 0 Å². The SMILES string of the molecule is CC(C)(C)N1c2ccccc2B2c3c(cccc31)-c1c3c4ccccc4n4c3c(c3c5ccccc5n2c13)-c1cccc2c1B4c1ccccc1N2C(C)(C)C. The maximum absolute atomic E-state index is 2.74. The molecular weight excluding hydrogens is 678 g/mol. The molecule has 6 heterocycles. The number of fused-ring (bicyclic) bond motifs is 16. The Kier molecular flexibility index (Phi) is 5.55. The fourth-order valence-electron chi connectivity index (χ4n) is 11.7. The standard InChI is InChI=1S/C50H40B2N4/c1-49(2,3)53-37-25-13-9-21-33(37)51-45-31(19-15-27-39(45)53)43-41-30-18-8-12-24-36(30)56-48(41)44(42-29-17-7-11-23-35(29)55(51)47(42)43)32-20-16-28-40-46(32)52(56)34-22-10-14-26-38(34)54(40)50(4,5)6/h7-28H,1-6H3. The van der Waals surface area contributed by atoms with Crippen LogP contribution in [0.2, 0.25) is 0 Å². The third-order valence-electron chi connectivity index (χ3n) is 13.3. The first-order chi connectivity index (χ1) is 27.1. The maximum Gasteiger partial charge on any atom is 0.333 e. The second kappa shape index (κ2) is 9.99. The van der Waals surface area contributed by atoms with Crippen molar-refractivity contribution in [2.75, 3.05) is 9.80 Å². The van der Waals surface area contributed by atoms with Gasteiger partial charge in [0.2, 0.25) is 0 Å². The van der Waals surface area contributed by atoms with Crippen molar-refractivity contribution < 1.29 is 0 Å². The molecular formula is C50H40B2N4. The van der Waals surface area contributed by atoms with E-state index in [1.54, 1.807) is 0 Å². The molecule has 0 bridgehead atoms. The van der Waals surface area contributed by atoms with Crippen LogP contribution >= 0.6 is 0 Å². The van der Waals surface area contributed by atoms with Crippen LogP contribution in [-0.2, 0) is 0 Å². The zero-order chi connectivity index (χ0) is 37.6. The van der Waals surface area contributed by atoms with Gasteiger partial charge in [-0.05, 0) is 111 Å². The van der Waals surface area contributed by atoms with Crippen molar-refractivity contribution in [3.05, 3.63) is 133 Å². The molecule has 266 valence electrons. The number of hydrogen-bond acceptors (Lipinski definition) is 2. The quantitative estimate of drug-likeness (QED) is 0.145. The summed E-state index contributed by atoms with van der Waals surface area (Å²) in [6.45, 7) is 14.2. The van der Waals surface area contributed by atoms with Crippen molar-refractivity contribution in [1.82, 2.24) is 8.96 Å². The Bertz CT molecular complexity index is 3040. The third-order valence-corrected chi connectivity index (χ3v) is 13.3. The van der Waals surface area contributed by atoms with Crippen LogP contribution in [0.1, 0.15) is 41.5 Å². The van der Waals surface area contributed by atoms with E-state index in [1.165, 1.54) is 110 Å². The normalized spacial score (nSPS) is 14.8. The van der Waals surface area contributed by atoms with Crippen molar-refractivity contribution in [2.24, 2.45) is 0 Å². The summed E-state index contributed by atoms with van der Waals surface area (Å²) in [5.41, 5.74) is 21.2. The van der Waals surface area contributed by atoms with Crippen LogP contribution in [0.5, 0.6) is 0 Å². The van der Waals surface area contributed by atoms with Crippen LogP contribution in [0.25, 0.3) is 65.9 Å². The van der Waals surface area contributed by atoms with Crippen LogP contribution in [0.4, 0.5) is 22.7 Å². The van der Waals surface area contributed by atoms with Gasteiger partial charge < -0.3 is 18.8 Å². The van der Waals surface area contributed by atoms with Gasteiger partial charge in [0, 0.05) is 88.6 Å². The Balaban J connectivity index is 1.31. The van der Waals surface area contributed by atoms with E-state index >= 15 is 0 Å². The molecule has 0 saturated heterocycles. The molecule has 0 unspecified atom stereocenters. The fourth-order valence-corrected chi connectivity index (χ4v) is 11.7. The van der Waals surface area contributed by atoms with E-state index in [0.717, 1.165) is 0 Å². The molecule has 4 aliphatic rings. The molecule has 0 N–H and O–H groups in total. The molecule has 9 aromatic rings. The zero-order valence-electron chi connectivity index (χ0n) is 32.6. The van der Waals surface area contributed by atoms with Gasteiger partial charge in [-0.2, -0.15) is 0 Å². The molecule has 0 atom stereocenters. The van der Waals surface area contributed by atoms with Gasteiger partial charge in [0.15, 0.2) is 0 Å². The molecule has 6 heteroatoms. The third kappa shape index (κ3) is 3.48. The minimum absolute atomic E-state index is 0.0354. The highest BCUT2D eigenvalue weighted by Crippen LogP contribution is 2.55. The first kappa shape index (κ1) is 31.1. The van der Waals surface area contributed by atoms with Crippen LogP contribution in [0.15, 0.2) is 133 Å². The van der Waals surface area contributed by atoms with Crippen molar-refractivity contribution in [3.8, 4) is 22.3 Å². The summed E-state index contributed by atoms with van der Waals surface area (Å²) in [4.78, 5) is 5.20. The number of aromatic nitrogens is 2. The molecule has 0 saturated carbocycles. The van der Waals surface area contributed by atoms with E-state index in [2.05, 4.69) is 194 Å². The van der Waals surface area contributed by atoms with E-state index in [1.807, 2.05) is 0 Å². The lowest BCUT2D eigenvalue weighted by molar-refractivity contribution is 0.561. The highest BCUT2D eigenvalue weighted by Gasteiger charge is 2.49. The number of benzene rings is 7. The van der Waals surface area contributed by atoms with Gasteiger partial charge in [-0.1, -0.05) is 97.1 Å². The maximum atomic E-state index is 2.74. The number of nitrogens with zero attached hydrogens (tertiary/aromatic N) is 4. The molecule has 0 aliphatic carbocycles. The number of para-hydroxylation sites is 4. The Morgan fingerprint density at radius 1 is 0.393 bits per heavy atom. The number of anilines is 4. The largest absolute Gasteiger partial charge is 0.375 e. The Morgan fingerprint density at radius 3 is 1.20 bits per heavy atom. The van der Waals surface area contributed by atoms with Crippen molar-refractivity contribution in [2.45, 2.75) is 52.6 Å². The monoisotopic (exact) mass is 718 g/mol. The Hall–Kier alpha value is -6.13. The molecule has 0 amide bonds. The summed E-state index contributed by atoms with van der Waals surface area (Å²) in [5, 5.41) is 5.38. The second-order valence-corrected chi connectivity index (χ2v) is 18.4. The van der Waals surface area contributed by atoms with Gasteiger partial charge in [0.25, 0.3) is 0 Å². The summed E-state index contributed by atoms with van der Waals surface area (Å²) < 4.78 is 5.48. The summed E-state index contributed by atoms with van der Waals surface area (Å²) in [6.07, 6.45) is 0. The van der Waals surface area contributed by atoms with E-state index in [4.69, 9.17) is 0 Å². The minimum Gasteiger partial charge on any atom is -0.375 e. The summed E-state index contributed by atoms with van der Waals surface area (Å²) in [7, 11) is 0. The second-order valence-electron chi connectivity index (χ2n) is 18.4. The van der Waals surface area contributed by atoms with E-state index < -0.39 is 0 Å². The molecule has 0 spiro atoms. The summed E-state index contributed by atoms with van der Waals surface area (Å²) in [5.74, 6) is 0. The molecule has 56 heavy (non-hydrogen) atoms. The van der Waals surface area contributed by atoms with Gasteiger partial charge in [-0.15, -0.1) is 0 Å². The zero-order valence-corrected chi connectivity index (χ0v) is 32.6. The predicted molar refractivity (Wildman–Crippen MR) is 241 cm³/mol. The lowest BCUT2D eigenvalue weighted by Gasteiger charge is -2.47. The van der Waals surface area contributed by atoms with Crippen LogP contribution < -0.4 is 31.7 Å². The summed E-state index contributed by atoms with van der Waals surface area (Å²) in [6, 6.07) is 51.1. The highest BCUT2D eigenvalue weighted by molar-refractivity contribution is 6.91. The topological polar surface area (TPSA) is 16.3 Å². The average molecular weight is 719 g/mol. The number of rotatable bonds is 0. The fraction of sp³-hybridized carbons (Fsp3) is 0.160. The first-order valence-electron chi connectivity index (χ1n) is 20.2. The Labute approximate surface area is 327 Å². The van der Waals surface area contributed by atoms with Gasteiger partial charge in [0.1, 0.15) is 0 Å². The smallest absolute Gasteiger partial charge is 0.333 e. The lowest BCUT2D eigenvalue weighted by Crippen LogP contribution is -2.60. The Morgan fingerprint density at radius 2 is 0.768 bits per heavy atom. The molecule has 4 aliphatic heterocycles. The van der Waals surface area contributed by atoms with E-state index in [-0.39, 0.29) is 24.8 Å². The van der Waals surface area contributed by atoms with Gasteiger partial charge >= 0.3 is 13.7 Å². The van der Waals surface area contributed by atoms with Crippen LogP contribution in [-0.4, -0.2) is 33.7 Å². The molecule has 0 fully saturated rings. The molecule has 0 radical (unpaired) electrons. The van der Waals surface area contributed by atoms with Gasteiger partial charge in [-0.25, -0.2) is 0 Å². The average Bonchev–Trinajstić information content (AvgIpc) is 3.71. The predicted octanol–water partition coefficient (Wildman–Crippen LogP) is 9.67. The van der Waals surface area contributed by atoms with Crippen molar-refractivity contribution in [3.63, 3.8) is 0 Å². The first-order valence-corrected chi connectivity index (χ1v) is 20.2. The van der Waals surface area contributed by atoms with Crippen molar-refractivity contribution >= 4 is 102 Å². The van der Waals surface area contributed by atoms with Crippen molar-refractivity contribution in [1.29, 1.82) is 0 Å². The van der Waals surface area contributed by atoms with Crippen LogP contribution in [0, 0.1) is 0 Å². The summed E-state index contributed by atoms with van der Waals surface area (Å²) >= 11 is 0. The van der Waals surface area contributed by atoms with E-state index in [0.29, 0.717) is 0 Å². The minimum atomic E-state index is -0.128. The molecule has 4 nitrogen and oxygen atoms in total. The molecule has 13 rings (SSSR count). The molecule has 7 aromatic carbocycles. The number of hydrogen-bond donors (Lipinski definition) is 0. The van der Waals surface area contributed by atoms with Gasteiger partial charge in [0.05, 0.1) is 0 Å². The molecule has 2 aromatic heterocycles. The van der Waals surface area contributed by atoms with Gasteiger partial charge in [-0.3, -0.25) is 0 Å².